The van der Waals surface area contributed by atoms with Gasteiger partial charge in [0, 0.05) is 28.7 Å². The maximum absolute atomic E-state index is 13.6. The van der Waals surface area contributed by atoms with Crippen molar-refractivity contribution in [3.8, 4) is 17.0 Å². The number of aryl methyl sites for hydroxylation is 2. The van der Waals surface area contributed by atoms with Crippen LogP contribution in [0.3, 0.4) is 0 Å². The van der Waals surface area contributed by atoms with E-state index in [2.05, 4.69) is 25.3 Å². The lowest BCUT2D eigenvalue weighted by Gasteiger charge is -2.15. The first-order valence-corrected chi connectivity index (χ1v) is 11.4. The topological polar surface area (TPSA) is 76.1 Å². The molecule has 0 fully saturated rings. The van der Waals surface area contributed by atoms with Crippen LogP contribution in [0.15, 0.2) is 72.9 Å². The number of aromatic nitrogens is 2. The van der Waals surface area contributed by atoms with Gasteiger partial charge in [-0.15, -0.1) is 13.2 Å². The number of para-hydroxylation sites is 1. The van der Waals surface area contributed by atoms with Crippen LogP contribution in [0.4, 0.5) is 43.7 Å². The molecule has 4 aromatic rings. The summed E-state index contributed by atoms with van der Waals surface area (Å²) in [6.07, 6.45) is -9.18. The molecule has 39 heavy (non-hydrogen) atoms. The molecule has 0 aliphatic heterocycles. The summed E-state index contributed by atoms with van der Waals surface area (Å²) in [6.45, 7) is 3.75. The number of halogens is 6. The Morgan fingerprint density at radius 1 is 0.846 bits per heavy atom. The zero-order valence-electron chi connectivity index (χ0n) is 20.4. The standard InChI is InChI=1S/C27H20F6N4O2/c1-15-4-3-5-16(2)22(15)36-24(38)18-6-10-19(11-7-18)35-25-34-14-21(26(28,29)30)23(37-25)17-8-12-20(13-9-17)39-27(31,32)33/h3-14H,1-2H3,(H,36,38)(H,34,35,37). The molecule has 12 heteroatoms. The quantitative estimate of drug-likeness (QED) is 0.243. The van der Waals surface area contributed by atoms with Crippen LogP contribution in [-0.2, 0) is 6.18 Å². The highest BCUT2D eigenvalue weighted by Crippen LogP contribution is 2.37. The monoisotopic (exact) mass is 546 g/mol. The highest BCUT2D eigenvalue weighted by Gasteiger charge is 2.36. The van der Waals surface area contributed by atoms with Crippen molar-refractivity contribution in [1.29, 1.82) is 0 Å². The van der Waals surface area contributed by atoms with Crippen LogP contribution < -0.4 is 15.4 Å². The molecule has 0 radical (unpaired) electrons. The van der Waals surface area contributed by atoms with E-state index in [0.29, 0.717) is 23.1 Å². The predicted molar refractivity (Wildman–Crippen MR) is 133 cm³/mol. The van der Waals surface area contributed by atoms with Crippen molar-refractivity contribution >= 4 is 23.2 Å². The van der Waals surface area contributed by atoms with Crippen LogP contribution in [0.1, 0.15) is 27.0 Å². The van der Waals surface area contributed by atoms with E-state index < -0.39 is 29.5 Å². The molecule has 0 aliphatic carbocycles. The van der Waals surface area contributed by atoms with Crippen molar-refractivity contribution in [2.75, 3.05) is 10.6 Å². The van der Waals surface area contributed by atoms with E-state index >= 15 is 0 Å². The molecule has 0 atom stereocenters. The molecular weight excluding hydrogens is 526 g/mol. The maximum atomic E-state index is 13.6. The number of benzene rings is 3. The van der Waals surface area contributed by atoms with Crippen LogP contribution >= 0.6 is 0 Å². The maximum Gasteiger partial charge on any atom is 0.573 e. The lowest BCUT2D eigenvalue weighted by Crippen LogP contribution is -2.17. The Kier molecular flexibility index (Phi) is 7.48. The van der Waals surface area contributed by atoms with Gasteiger partial charge in [-0.3, -0.25) is 4.79 Å². The minimum atomic E-state index is -4.94. The Balaban J connectivity index is 1.55. The van der Waals surface area contributed by atoms with Gasteiger partial charge in [0.25, 0.3) is 5.91 Å². The molecule has 0 saturated heterocycles. The predicted octanol–water partition coefficient (Wildman–Crippen LogP) is 7.67. The van der Waals surface area contributed by atoms with Crippen molar-refractivity contribution < 1.29 is 35.9 Å². The van der Waals surface area contributed by atoms with Crippen LogP contribution in [0, 0.1) is 13.8 Å². The fourth-order valence-electron chi connectivity index (χ4n) is 3.72. The van der Waals surface area contributed by atoms with E-state index in [-0.39, 0.29) is 17.4 Å². The van der Waals surface area contributed by atoms with Crippen molar-refractivity contribution in [2.45, 2.75) is 26.4 Å². The van der Waals surface area contributed by atoms with E-state index in [1.807, 2.05) is 32.0 Å². The second kappa shape index (κ2) is 10.6. The number of hydrogen-bond acceptors (Lipinski definition) is 5. The van der Waals surface area contributed by atoms with Crippen molar-refractivity contribution in [1.82, 2.24) is 9.97 Å². The zero-order valence-corrected chi connectivity index (χ0v) is 20.4. The lowest BCUT2D eigenvalue weighted by atomic mass is 10.1. The Labute approximate surface area is 218 Å². The number of anilines is 3. The third-order valence-corrected chi connectivity index (χ3v) is 5.58. The summed E-state index contributed by atoms with van der Waals surface area (Å²) in [6, 6.07) is 15.6. The second-order valence-electron chi connectivity index (χ2n) is 8.45. The van der Waals surface area contributed by atoms with Gasteiger partial charge in [-0.2, -0.15) is 13.2 Å². The molecule has 0 saturated carbocycles. The smallest absolute Gasteiger partial charge is 0.406 e. The average molecular weight is 546 g/mol. The summed E-state index contributed by atoms with van der Waals surface area (Å²) in [5.41, 5.74) is 1.43. The molecule has 1 heterocycles. The number of hydrogen-bond donors (Lipinski definition) is 2. The molecule has 202 valence electrons. The van der Waals surface area contributed by atoms with Crippen molar-refractivity contribution in [2.24, 2.45) is 0 Å². The van der Waals surface area contributed by atoms with E-state index in [9.17, 15) is 31.1 Å². The summed E-state index contributed by atoms with van der Waals surface area (Å²) in [7, 11) is 0. The molecule has 0 bridgehead atoms. The normalized spacial score (nSPS) is 11.7. The third kappa shape index (κ3) is 6.83. The van der Waals surface area contributed by atoms with E-state index in [4.69, 9.17) is 0 Å². The number of amides is 1. The third-order valence-electron chi connectivity index (χ3n) is 5.58. The van der Waals surface area contributed by atoms with Gasteiger partial charge in [0.05, 0.1) is 5.69 Å². The Morgan fingerprint density at radius 3 is 2.03 bits per heavy atom. The fraction of sp³-hybridized carbons (Fsp3) is 0.148. The van der Waals surface area contributed by atoms with Crippen LogP contribution in [0.5, 0.6) is 5.75 Å². The van der Waals surface area contributed by atoms with E-state index in [1.165, 1.54) is 24.3 Å². The number of nitrogens with one attached hydrogen (secondary N) is 2. The van der Waals surface area contributed by atoms with Gasteiger partial charge in [0.2, 0.25) is 5.95 Å². The molecule has 6 nitrogen and oxygen atoms in total. The van der Waals surface area contributed by atoms with Crippen LogP contribution in [0.25, 0.3) is 11.3 Å². The summed E-state index contributed by atoms with van der Waals surface area (Å²) in [5.74, 6) is -1.12. The van der Waals surface area contributed by atoms with Crippen LogP contribution in [0.2, 0.25) is 0 Å². The molecule has 0 spiro atoms. The largest absolute Gasteiger partial charge is 0.573 e. The highest BCUT2D eigenvalue weighted by atomic mass is 19.4. The fourth-order valence-corrected chi connectivity index (χ4v) is 3.72. The molecule has 4 rings (SSSR count). The SMILES string of the molecule is Cc1cccc(C)c1NC(=O)c1ccc(Nc2ncc(C(F)(F)F)c(-c3ccc(OC(F)(F)F)cc3)n2)cc1. The van der Waals surface area contributed by atoms with Gasteiger partial charge >= 0.3 is 12.5 Å². The molecule has 1 aromatic heterocycles. The number of nitrogens with zero attached hydrogens (tertiary/aromatic N) is 2. The summed E-state index contributed by atoms with van der Waals surface area (Å²) in [4.78, 5) is 20.4. The second-order valence-corrected chi connectivity index (χ2v) is 8.45. The van der Waals surface area contributed by atoms with Crippen molar-refractivity contribution in [3.05, 3.63) is 95.2 Å². The molecule has 0 unspecified atom stereocenters. The van der Waals surface area contributed by atoms with Gasteiger partial charge in [-0.05, 0) is 73.5 Å². The van der Waals surface area contributed by atoms with Gasteiger partial charge in [-0.1, -0.05) is 18.2 Å². The summed E-state index contributed by atoms with van der Waals surface area (Å²) < 4.78 is 81.9. The minimum Gasteiger partial charge on any atom is -0.406 e. The van der Waals surface area contributed by atoms with Crippen LogP contribution in [-0.4, -0.2) is 22.2 Å². The first kappa shape index (κ1) is 27.4. The van der Waals surface area contributed by atoms with Crippen molar-refractivity contribution in [3.63, 3.8) is 0 Å². The molecule has 2 N–H and O–H groups in total. The lowest BCUT2D eigenvalue weighted by molar-refractivity contribution is -0.274. The van der Waals surface area contributed by atoms with E-state index in [1.54, 1.807) is 0 Å². The number of carbonyl (C=O) groups is 1. The first-order chi connectivity index (χ1) is 18.3. The summed E-state index contributed by atoms with van der Waals surface area (Å²) >= 11 is 0. The molecule has 1 amide bonds. The Bertz CT molecular complexity index is 1460. The number of ether oxygens (including phenoxy) is 1. The Morgan fingerprint density at radius 2 is 1.46 bits per heavy atom. The molecule has 3 aromatic carbocycles. The molecular formula is C27H20F6N4O2. The van der Waals surface area contributed by atoms with E-state index in [0.717, 1.165) is 35.4 Å². The Hall–Kier alpha value is -4.61. The number of rotatable bonds is 6. The van der Waals surface area contributed by atoms with Gasteiger partial charge in [0.15, 0.2) is 0 Å². The highest BCUT2D eigenvalue weighted by molar-refractivity contribution is 6.05. The molecule has 0 aliphatic rings. The summed E-state index contributed by atoms with van der Waals surface area (Å²) in [5, 5.41) is 5.64. The van der Waals surface area contributed by atoms with Gasteiger partial charge < -0.3 is 15.4 Å². The minimum absolute atomic E-state index is 0.0965. The average Bonchev–Trinajstić information content (AvgIpc) is 2.85. The first-order valence-electron chi connectivity index (χ1n) is 11.4. The zero-order chi connectivity index (χ0) is 28.4. The number of alkyl halides is 6. The van der Waals surface area contributed by atoms with Gasteiger partial charge in [0.1, 0.15) is 11.3 Å². The van der Waals surface area contributed by atoms with Gasteiger partial charge in [-0.25, -0.2) is 9.97 Å². The number of carbonyl (C=O) groups excluding carboxylic acids is 1.